The topological polar surface area (TPSA) is 89.6 Å². The Bertz CT molecular complexity index is 1120. The molecule has 0 aliphatic heterocycles. The molecule has 4 fully saturated rings. The van der Waals surface area contributed by atoms with Gasteiger partial charge in [-0.2, -0.15) is 0 Å². The Balaban J connectivity index is 1.65. The summed E-state index contributed by atoms with van der Waals surface area (Å²) in [6.45, 7) is 17.7. The third-order valence-corrected chi connectivity index (χ3v) is 13.4. The van der Waals surface area contributed by atoms with Crippen LogP contribution in [0.1, 0.15) is 107 Å². The molecular weight excluding hydrogens is 460 g/mol. The van der Waals surface area contributed by atoms with Crippen LogP contribution in [-0.4, -0.2) is 23.3 Å². The van der Waals surface area contributed by atoms with E-state index in [9.17, 15) is 14.4 Å². The van der Waals surface area contributed by atoms with Crippen LogP contribution < -0.4 is 5.73 Å². The second-order valence-electron chi connectivity index (χ2n) is 14.9. The summed E-state index contributed by atoms with van der Waals surface area (Å²) in [6.07, 6.45) is 9.97. The summed E-state index contributed by atoms with van der Waals surface area (Å²) in [4.78, 5) is 43.8. The van der Waals surface area contributed by atoms with E-state index in [1.54, 1.807) is 0 Å². The molecule has 0 aromatic carbocycles. The van der Waals surface area contributed by atoms with Gasteiger partial charge in [-0.3, -0.25) is 14.4 Å². The van der Waals surface area contributed by atoms with Crippen molar-refractivity contribution in [3.05, 3.63) is 11.6 Å². The highest BCUT2D eigenvalue weighted by molar-refractivity contribution is 6.12. The molecule has 10 atom stereocenters. The van der Waals surface area contributed by atoms with Gasteiger partial charge < -0.3 is 5.73 Å². The Morgan fingerprint density at radius 1 is 0.973 bits per heavy atom. The van der Waals surface area contributed by atoms with Crippen molar-refractivity contribution < 1.29 is 14.4 Å². The van der Waals surface area contributed by atoms with Gasteiger partial charge in [0.15, 0.2) is 5.78 Å². The molecule has 5 heteroatoms. The van der Waals surface area contributed by atoms with Gasteiger partial charge in [0, 0.05) is 18.6 Å². The van der Waals surface area contributed by atoms with Gasteiger partial charge in [0.05, 0.1) is 5.41 Å². The molecule has 0 bridgehead atoms. The molecule has 5 aliphatic rings. The van der Waals surface area contributed by atoms with E-state index in [0.29, 0.717) is 29.9 Å². The van der Waals surface area contributed by atoms with Crippen LogP contribution in [0.4, 0.5) is 0 Å². The number of carbonyl (C=O) groups is 3. The van der Waals surface area contributed by atoms with Crippen molar-refractivity contribution in [1.29, 1.82) is 0 Å². The lowest BCUT2D eigenvalue weighted by Crippen LogP contribution is -2.68. The Morgan fingerprint density at radius 2 is 1.65 bits per heavy atom. The van der Waals surface area contributed by atoms with Gasteiger partial charge in [-0.05, 0) is 110 Å². The number of rotatable bonds is 1. The van der Waals surface area contributed by atoms with Crippen molar-refractivity contribution in [2.75, 3.05) is 0 Å². The van der Waals surface area contributed by atoms with Crippen LogP contribution in [0.25, 0.3) is 0 Å². The molecule has 0 heterocycles. The first-order chi connectivity index (χ1) is 17.1. The lowest BCUT2D eigenvalue weighted by molar-refractivity contribution is -0.178. The average Bonchev–Trinajstić information content (AvgIpc) is 2.79. The molecule has 5 rings (SSSR count). The standard InChI is InChI=1S/C32H48N2O3/c1-18-9-12-28(4)15-16-30(6)21(25(28)19(18)2)17-22(36)26-29(5)13-11-24(34-20(3)35)32(8,27(33)37)23(29)10-14-31(26,30)7/h17-19,23,25-26H,9-16H2,1-8H3,(H2,33,37)/t18-,19+,23?,25?,26?,28-,29+,30-,31-,32-/m1/s1. The van der Waals surface area contributed by atoms with Crippen LogP contribution >= 0.6 is 0 Å². The molecule has 0 aromatic heterocycles. The van der Waals surface area contributed by atoms with Crippen LogP contribution in [0.5, 0.6) is 0 Å². The summed E-state index contributed by atoms with van der Waals surface area (Å²) in [7, 11) is 0. The highest BCUT2D eigenvalue weighted by atomic mass is 16.2. The summed E-state index contributed by atoms with van der Waals surface area (Å²) < 4.78 is 0. The molecule has 0 radical (unpaired) electrons. The first-order valence-electron chi connectivity index (χ1n) is 14.7. The second-order valence-corrected chi connectivity index (χ2v) is 14.9. The fourth-order valence-electron chi connectivity index (χ4n) is 10.9. The van der Waals surface area contributed by atoms with Crippen LogP contribution in [0, 0.1) is 56.7 Å². The number of allylic oxidation sites excluding steroid dienone is 2. The summed E-state index contributed by atoms with van der Waals surface area (Å²) in [5, 5.41) is 0. The number of hydrogen-bond acceptors (Lipinski definition) is 3. The molecule has 0 spiro atoms. The predicted octanol–water partition coefficient (Wildman–Crippen LogP) is 6.30. The average molecular weight is 509 g/mol. The quantitative estimate of drug-likeness (QED) is 0.451. The van der Waals surface area contributed by atoms with Crippen LogP contribution in [-0.2, 0) is 14.4 Å². The van der Waals surface area contributed by atoms with E-state index in [-0.39, 0.29) is 45.2 Å². The Kier molecular flexibility index (Phi) is 5.88. The third-order valence-electron chi connectivity index (χ3n) is 13.4. The third kappa shape index (κ3) is 3.27. The number of nitrogens with zero attached hydrogens (tertiary/aromatic N) is 1. The monoisotopic (exact) mass is 508 g/mol. The Morgan fingerprint density at radius 3 is 2.27 bits per heavy atom. The van der Waals surface area contributed by atoms with E-state index in [2.05, 4.69) is 52.6 Å². The molecule has 2 amide bonds. The maximum absolute atomic E-state index is 14.4. The van der Waals surface area contributed by atoms with Crippen LogP contribution in [0.15, 0.2) is 16.6 Å². The zero-order chi connectivity index (χ0) is 27.3. The van der Waals surface area contributed by atoms with Crippen molar-refractivity contribution in [2.45, 2.75) is 107 Å². The Labute approximate surface area is 223 Å². The molecule has 4 saturated carbocycles. The zero-order valence-corrected chi connectivity index (χ0v) is 24.4. The van der Waals surface area contributed by atoms with Gasteiger partial charge in [0.25, 0.3) is 0 Å². The van der Waals surface area contributed by atoms with E-state index < -0.39 is 11.3 Å². The van der Waals surface area contributed by atoms with Crippen molar-refractivity contribution in [3.8, 4) is 0 Å². The number of aliphatic imine (C=N–C) groups is 1. The normalized spacial score (nSPS) is 52.3. The number of amides is 2. The van der Waals surface area contributed by atoms with E-state index in [0.717, 1.165) is 25.7 Å². The number of ketones is 1. The summed E-state index contributed by atoms with van der Waals surface area (Å²) in [5.41, 5.74) is 6.81. The van der Waals surface area contributed by atoms with Gasteiger partial charge in [0.2, 0.25) is 11.8 Å². The molecule has 204 valence electrons. The molecule has 3 unspecified atom stereocenters. The van der Waals surface area contributed by atoms with Crippen LogP contribution in [0.3, 0.4) is 0 Å². The first-order valence-corrected chi connectivity index (χ1v) is 14.7. The fourth-order valence-corrected chi connectivity index (χ4v) is 10.9. The molecular formula is C32H48N2O3. The lowest BCUT2D eigenvalue weighted by Gasteiger charge is -2.70. The fraction of sp³-hybridized carbons (Fsp3) is 0.812. The molecule has 0 saturated heterocycles. The largest absolute Gasteiger partial charge is 0.369 e. The molecule has 5 nitrogen and oxygen atoms in total. The maximum Gasteiger partial charge on any atom is 0.242 e. The maximum atomic E-state index is 14.4. The van der Waals surface area contributed by atoms with Gasteiger partial charge >= 0.3 is 0 Å². The van der Waals surface area contributed by atoms with E-state index in [1.807, 2.05) is 6.92 Å². The number of hydrogen-bond donors (Lipinski definition) is 1. The van der Waals surface area contributed by atoms with Crippen molar-refractivity contribution in [3.63, 3.8) is 0 Å². The predicted molar refractivity (Wildman–Crippen MR) is 147 cm³/mol. The van der Waals surface area contributed by atoms with Crippen molar-refractivity contribution >= 4 is 23.3 Å². The van der Waals surface area contributed by atoms with Crippen molar-refractivity contribution in [1.82, 2.24) is 0 Å². The van der Waals surface area contributed by atoms with Gasteiger partial charge in [-0.15, -0.1) is 0 Å². The summed E-state index contributed by atoms with van der Waals surface area (Å²) in [5.74, 6) is 0.983. The first kappa shape index (κ1) is 26.8. The van der Waals surface area contributed by atoms with Gasteiger partial charge in [-0.1, -0.05) is 47.1 Å². The molecule has 37 heavy (non-hydrogen) atoms. The molecule has 2 N–H and O–H groups in total. The minimum Gasteiger partial charge on any atom is -0.369 e. The van der Waals surface area contributed by atoms with E-state index in [1.165, 1.54) is 31.8 Å². The number of carbonyl (C=O) groups excluding carboxylic acids is 3. The Hall–Kier alpha value is -1.78. The minimum absolute atomic E-state index is 0.0358. The minimum atomic E-state index is -1.01. The highest BCUT2D eigenvalue weighted by Gasteiger charge is 2.71. The second kappa shape index (κ2) is 8.11. The SMILES string of the molecule is CC(=O)N=C1CC[C@@]2(C)C(CC[C@]3(C)C2C(=O)C=C2C4[C@@H](C)[C@H](C)CC[C@]4(C)CC[C@]23C)[C@@]1(C)C(N)=O. The summed E-state index contributed by atoms with van der Waals surface area (Å²) in [6, 6.07) is 0. The van der Waals surface area contributed by atoms with E-state index in [4.69, 9.17) is 5.73 Å². The lowest BCUT2D eigenvalue weighted by atomic mass is 9.33. The van der Waals surface area contributed by atoms with Crippen molar-refractivity contribution in [2.24, 2.45) is 67.4 Å². The smallest absolute Gasteiger partial charge is 0.242 e. The van der Waals surface area contributed by atoms with Crippen LogP contribution in [0.2, 0.25) is 0 Å². The molecule has 5 aliphatic carbocycles. The highest BCUT2D eigenvalue weighted by Crippen LogP contribution is 2.74. The van der Waals surface area contributed by atoms with Gasteiger partial charge in [-0.25, -0.2) is 4.99 Å². The summed E-state index contributed by atoms with van der Waals surface area (Å²) >= 11 is 0. The van der Waals surface area contributed by atoms with E-state index >= 15 is 0 Å². The number of fused-ring (bicyclic) bond motifs is 7. The molecule has 0 aromatic rings. The van der Waals surface area contributed by atoms with Gasteiger partial charge in [0.1, 0.15) is 0 Å². The zero-order valence-electron chi connectivity index (χ0n) is 24.4. The number of primary amides is 1. The number of nitrogens with two attached hydrogens (primary N) is 1.